The number of benzene rings is 2. The van der Waals surface area contributed by atoms with Gasteiger partial charge < -0.3 is 14.8 Å². The van der Waals surface area contributed by atoms with E-state index in [1.807, 2.05) is 6.92 Å². The minimum atomic E-state index is -0.494. The highest BCUT2D eigenvalue weighted by Gasteiger charge is 2.15. The molecule has 0 saturated heterocycles. The smallest absolute Gasteiger partial charge is 0.277 e. The largest absolute Gasteiger partial charge is 0.506 e. The summed E-state index contributed by atoms with van der Waals surface area (Å²) in [6, 6.07) is 9.82. The molecule has 5 nitrogen and oxygen atoms in total. The topological polar surface area (TPSA) is 75.4 Å². The summed E-state index contributed by atoms with van der Waals surface area (Å²) in [6.07, 6.45) is 1.24. The van der Waals surface area contributed by atoms with Gasteiger partial charge in [0.2, 0.25) is 5.89 Å². The number of carbonyl (C=O) groups is 1. The van der Waals surface area contributed by atoms with E-state index in [1.54, 1.807) is 30.3 Å². The molecule has 0 spiro atoms. The van der Waals surface area contributed by atoms with E-state index in [0.717, 1.165) is 5.56 Å². The van der Waals surface area contributed by atoms with Crippen LogP contribution in [0.3, 0.4) is 0 Å². The van der Waals surface area contributed by atoms with Crippen molar-refractivity contribution in [2.75, 3.05) is 5.32 Å². The van der Waals surface area contributed by atoms with Crippen molar-refractivity contribution in [3.8, 4) is 17.2 Å². The number of rotatable bonds is 3. The van der Waals surface area contributed by atoms with Gasteiger partial charge in [-0.25, -0.2) is 4.98 Å². The zero-order valence-electron chi connectivity index (χ0n) is 12.5. The summed E-state index contributed by atoms with van der Waals surface area (Å²) in [5.74, 6) is -0.278. The number of phenols is 1. The highest BCUT2D eigenvalue weighted by Crippen LogP contribution is 2.29. The zero-order valence-corrected chi connectivity index (χ0v) is 14.0. The van der Waals surface area contributed by atoms with Crippen molar-refractivity contribution in [1.82, 2.24) is 4.98 Å². The van der Waals surface area contributed by atoms with E-state index in [2.05, 4.69) is 10.3 Å². The molecule has 0 aliphatic heterocycles. The van der Waals surface area contributed by atoms with Crippen LogP contribution in [0.4, 0.5) is 5.69 Å². The number of aromatic nitrogens is 1. The molecular formula is C17H12Cl2N2O3. The second kappa shape index (κ2) is 6.55. The molecule has 0 atom stereocenters. The average Bonchev–Trinajstić information content (AvgIpc) is 3.03. The monoisotopic (exact) mass is 362 g/mol. The Morgan fingerprint density at radius 1 is 1.17 bits per heavy atom. The standard InChI is InChI=1S/C17H12Cl2N2O3/c1-9-2-5-15(22)13(6-9)20-16(23)14-8-24-17(21-14)10-3-4-11(18)12(19)7-10/h2-8,22H,1H3,(H,20,23). The van der Waals surface area contributed by atoms with Crippen molar-refractivity contribution < 1.29 is 14.3 Å². The van der Waals surface area contributed by atoms with Crippen molar-refractivity contribution in [2.24, 2.45) is 0 Å². The fourth-order valence-electron chi connectivity index (χ4n) is 2.08. The Kier molecular flexibility index (Phi) is 4.46. The molecule has 7 heteroatoms. The Morgan fingerprint density at radius 2 is 1.96 bits per heavy atom. The molecule has 0 saturated carbocycles. The van der Waals surface area contributed by atoms with Crippen molar-refractivity contribution >= 4 is 34.8 Å². The number of carbonyl (C=O) groups excluding carboxylic acids is 1. The lowest BCUT2D eigenvalue weighted by molar-refractivity contribution is 0.102. The van der Waals surface area contributed by atoms with Gasteiger partial charge in [0.05, 0.1) is 15.7 Å². The minimum absolute atomic E-state index is 0.0258. The number of halogens is 2. The summed E-state index contributed by atoms with van der Waals surface area (Å²) in [6.45, 7) is 1.85. The fourth-order valence-corrected chi connectivity index (χ4v) is 2.37. The molecule has 0 radical (unpaired) electrons. The van der Waals surface area contributed by atoms with Crippen LogP contribution in [0.15, 0.2) is 47.1 Å². The van der Waals surface area contributed by atoms with Gasteiger partial charge in [0.1, 0.15) is 12.0 Å². The van der Waals surface area contributed by atoms with Gasteiger partial charge in [-0.15, -0.1) is 0 Å². The van der Waals surface area contributed by atoms with Crippen LogP contribution >= 0.6 is 23.2 Å². The Hall–Kier alpha value is -2.50. The zero-order chi connectivity index (χ0) is 17.3. The maximum atomic E-state index is 12.3. The second-order valence-corrected chi connectivity index (χ2v) is 5.96. The van der Waals surface area contributed by atoms with Gasteiger partial charge in [-0.3, -0.25) is 4.79 Å². The van der Waals surface area contributed by atoms with Crippen molar-refractivity contribution in [3.05, 3.63) is 64.0 Å². The van der Waals surface area contributed by atoms with Gasteiger partial charge in [0.15, 0.2) is 5.69 Å². The van der Waals surface area contributed by atoms with Crippen LogP contribution in [0.5, 0.6) is 5.75 Å². The molecular weight excluding hydrogens is 351 g/mol. The summed E-state index contributed by atoms with van der Waals surface area (Å²) in [7, 11) is 0. The van der Waals surface area contributed by atoms with Crippen molar-refractivity contribution in [2.45, 2.75) is 6.92 Å². The van der Waals surface area contributed by atoms with Crippen LogP contribution in [0.25, 0.3) is 11.5 Å². The quantitative estimate of drug-likeness (QED) is 0.648. The Bertz CT molecular complexity index is 922. The lowest BCUT2D eigenvalue weighted by atomic mass is 10.2. The van der Waals surface area contributed by atoms with Crippen molar-refractivity contribution in [1.29, 1.82) is 0 Å². The van der Waals surface area contributed by atoms with Gasteiger partial charge in [-0.05, 0) is 42.8 Å². The summed E-state index contributed by atoms with van der Waals surface area (Å²) in [4.78, 5) is 16.4. The van der Waals surface area contributed by atoms with E-state index in [0.29, 0.717) is 21.3 Å². The first kappa shape index (κ1) is 16.4. The first-order valence-electron chi connectivity index (χ1n) is 6.96. The van der Waals surface area contributed by atoms with Crippen LogP contribution in [0.2, 0.25) is 10.0 Å². The Balaban J connectivity index is 1.83. The van der Waals surface area contributed by atoms with Gasteiger partial charge in [0, 0.05) is 5.56 Å². The highest BCUT2D eigenvalue weighted by atomic mass is 35.5. The number of aryl methyl sites for hydroxylation is 1. The molecule has 1 aromatic heterocycles. The molecule has 0 aliphatic carbocycles. The van der Waals surface area contributed by atoms with Gasteiger partial charge in [-0.2, -0.15) is 0 Å². The number of hydrogen-bond donors (Lipinski definition) is 2. The molecule has 2 N–H and O–H groups in total. The molecule has 24 heavy (non-hydrogen) atoms. The number of nitrogens with zero attached hydrogens (tertiary/aromatic N) is 1. The van der Waals surface area contributed by atoms with E-state index in [1.165, 1.54) is 12.3 Å². The van der Waals surface area contributed by atoms with Crippen LogP contribution in [-0.2, 0) is 0 Å². The van der Waals surface area contributed by atoms with Gasteiger partial charge in [-0.1, -0.05) is 29.3 Å². The van der Waals surface area contributed by atoms with Crippen LogP contribution < -0.4 is 5.32 Å². The highest BCUT2D eigenvalue weighted by molar-refractivity contribution is 6.42. The molecule has 3 rings (SSSR count). The van der Waals surface area contributed by atoms with Crippen LogP contribution in [0, 0.1) is 6.92 Å². The number of anilines is 1. The Labute approximate surface area is 147 Å². The normalized spacial score (nSPS) is 10.6. The summed E-state index contributed by atoms with van der Waals surface area (Å²) in [5, 5.41) is 13.2. The van der Waals surface area contributed by atoms with Crippen LogP contribution in [0.1, 0.15) is 16.1 Å². The third-order valence-corrected chi connectivity index (χ3v) is 4.04. The predicted octanol–water partition coefficient (Wildman–Crippen LogP) is 4.91. The molecule has 1 heterocycles. The summed E-state index contributed by atoms with van der Waals surface area (Å²) < 4.78 is 5.32. The SMILES string of the molecule is Cc1ccc(O)c(NC(=O)c2coc(-c3ccc(Cl)c(Cl)c3)n2)c1. The Morgan fingerprint density at radius 3 is 2.71 bits per heavy atom. The van der Waals surface area contributed by atoms with E-state index >= 15 is 0 Å². The molecule has 3 aromatic rings. The lowest BCUT2D eigenvalue weighted by Gasteiger charge is -2.06. The lowest BCUT2D eigenvalue weighted by Crippen LogP contribution is -2.12. The summed E-state index contributed by atoms with van der Waals surface area (Å²) in [5.41, 5.74) is 1.89. The maximum absolute atomic E-state index is 12.3. The number of phenolic OH excluding ortho intramolecular Hbond substituents is 1. The number of oxazole rings is 1. The molecule has 0 aliphatic rings. The molecule has 2 aromatic carbocycles. The van der Waals surface area contributed by atoms with Crippen LogP contribution in [-0.4, -0.2) is 16.0 Å². The molecule has 0 bridgehead atoms. The third-order valence-electron chi connectivity index (χ3n) is 3.30. The molecule has 122 valence electrons. The average molecular weight is 363 g/mol. The maximum Gasteiger partial charge on any atom is 0.277 e. The van der Waals surface area contributed by atoms with E-state index < -0.39 is 5.91 Å². The van der Waals surface area contributed by atoms with Gasteiger partial charge in [0.25, 0.3) is 5.91 Å². The van der Waals surface area contributed by atoms with Gasteiger partial charge >= 0.3 is 0 Å². The first-order valence-corrected chi connectivity index (χ1v) is 7.71. The number of aromatic hydroxyl groups is 1. The second-order valence-electron chi connectivity index (χ2n) is 5.14. The molecule has 0 fully saturated rings. The number of amides is 1. The number of hydrogen-bond acceptors (Lipinski definition) is 4. The van der Waals surface area contributed by atoms with Crippen molar-refractivity contribution in [3.63, 3.8) is 0 Å². The fraction of sp³-hybridized carbons (Fsp3) is 0.0588. The molecule has 1 amide bonds. The van der Waals surface area contributed by atoms with E-state index in [-0.39, 0.29) is 17.3 Å². The predicted molar refractivity (Wildman–Crippen MR) is 92.8 cm³/mol. The van der Waals surface area contributed by atoms with E-state index in [4.69, 9.17) is 27.6 Å². The minimum Gasteiger partial charge on any atom is -0.506 e. The first-order chi connectivity index (χ1) is 11.4. The van der Waals surface area contributed by atoms with E-state index in [9.17, 15) is 9.90 Å². The number of nitrogens with one attached hydrogen (secondary N) is 1. The molecule has 0 unspecified atom stereocenters. The third kappa shape index (κ3) is 3.37. The summed E-state index contributed by atoms with van der Waals surface area (Å²) >= 11 is 11.8.